The van der Waals surface area contributed by atoms with Crippen LogP contribution in [0.3, 0.4) is 0 Å². The lowest BCUT2D eigenvalue weighted by molar-refractivity contribution is -0.132. The van der Waals surface area contributed by atoms with Gasteiger partial charge < -0.3 is 9.32 Å². The summed E-state index contributed by atoms with van der Waals surface area (Å²) in [4.78, 5) is 19.1. The Kier molecular flexibility index (Phi) is 3.90. The molecule has 1 saturated heterocycles. The smallest absolute Gasteiger partial charge is 0.247 e. The van der Waals surface area contributed by atoms with Crippen molar-refractivity contribution in [3.8, 4) is 0 Å². The molecule has 23 heavy (non-hydrogen) atoms. The third-order valence-corrected chi connectivity index (χ3v) is 5.21. The molecule has 0 radical (unpaired) electrons. The molecular formula is C19H22N2O2. The molecule has 1 aromatic carbocycles. The Hall–Kier alpha value is -2.10. The maximum absolute atomic E-state index is 12.6. The number of hydrogen-bond donors (Lipinski definition) is 0. The van der Waals surface area contributed by atoms with Gasteiger partial charge in [0.15, 0.2) is 5.58 Å². The third-order valence-electron chi connectivity index (χ3n) is 5.21. The normalized spacial score (nSPS) is 25.0. The van der Waals surface area contributed by atoms with Crippen molar-refractivity contribution in [1.29, 1.82) is 0 Å². The van der Waals surface area contributed by atoms with Crippen LogP contribution in [0.25, 0.3) is 17.2 Å². The molecule has 120 valence electrons. The van der Waals surface area contributed by atoms with Gasteiger partial charge >= 0.3 is 0 Å². The van der Waals surface area contributed by atoms with Crippen molar-refractivity contribution in [1.82, 2.24) is 9.88 Å². The molecule has 1 amide bonds. The van der Waals surface area contributed by atoms with E-state index < -0.39 is 0 Å². The van der Waals surface area contributed by atoms with Crippen LogP contribution in [-0.4, -0.2) is 28.4 Å². The molecule has 0 bridgehead atoms. The number of para-hydroxylation sites is 2. The summed E-state index contributed by atoms with van der Waals surface area (Å²) in [5.41, 5.74) is 1.58. The van der Waals surface area contributed by atoms with Gasteiger partial charge in [-0.05, 0) is 43.7 Å². The zero-order valence-corrected chi connectivity index (χ0v) is 13.3. The molecule has 2 heterocycles. The molecule has 0 N–H and O–H groups in total. The third kappa shape index (κ3) is 2.90. The summed E-state index contributed by atoms with van der Waals surface area (Å²) in [6.45, 7) is 0.887. The van der Waals surface area contributed by atoms with Crippen LogP contribution in [0.1, 0.15) is 44.4 Å². The van der Waals surface area contributed by atoms with Crippen molar-refractivity contribution in [2.24, 2.45) is 5.92 Å². The van der Waals surface area contributed by atoms with Crippen molar-refractivity contribution in [2.75, 3.05) is 6.54 Å². The predicted octanol–water partition coefficient (Wildman–Crippen LogP) is 4.02. The number of hydrogen-bond acceptors (Lipinski definition) is 3. The highest BCUT2D eigenvalue weighted by Crippen LogP contribution is 2.35. The van der Waals surface area contributed by atoms with Crippen molar-refractivity contribution in [2.45, 2.75) is 44.6 Å². The second kappa shape index (κ2) is 6.19. The van der Waals surface area contributed by atoms with Crippen LogP contribution in [-0.2, 0) is 4.79 Å². The van der Waals surface area contributed by atoms with Crippen LogP contribution in [0.4, 0.5) is 0 Å². The minimum atomic E-state index is 0.101. The highest BCUT2D eigenvalue weighted by molar-refractivity contribution is 5.92. The van der Waals surface area contributed by atoms with Gasteiger partial charge in [0.05, 0.1) is 0 Å². The summed E-state index contributed by atoms with van der Waals surface area (Å²) in [5, 5.41) is 0. The summed E-state index contributed by atoms with van der Waals surface area (Å²) in [7, 11) is 0. The van der Waals surface area contributed by atoms with Crippen LogP contribution >= 0.6 is 0 Å². The fourth-order valence-electron chi connectivity index (χ4n) is 4.10. The summed E-state index contributed by atoms with van der Waals surface area (Å²) in [5.74, 6) is 1.31. The molecule has 2 fully saturated rings. The summed E-state index contributed by atoms with van der Waals surface area (Å²) in [6, 6.07) is 8.09. The Morgan fingerprint density at radius 1 is 1.17 bits per heavy atom. The highest BCUT2D eigenvalue weighted by atomic mass is 16.3. The number of piperidine rings is 1. The highest BCUT2D eigenvalue weighted by Gasteiger charge is 2.34. The monoisotopic (exact) mass is 310 g/mol. The number of likely N-dealkylation sites (tertiary alicyclic amines) is 1. The maximum Gasteiger partial charge on any atom is 0.247 e. The van der Waals surface area contributed by atoms with Crippen LogP contribution in [0.5, 0.6) is 0 Å². The molecule has 0 unspecified atom stereocenters. The fourth-order valence-corrected chi connectivity index (χ4v) is 4.10. The van der Waals surface area contributed by atoms with Gasteiger partial charge in [0.1, 0.15) is 5.52 Å². The molecule has 1 aliphatic carbocycles. The van der Waals surface area contributed by atoms with E-state index >= 15 is 0 Å². The topological polar surface area (TPSA) is 46.3 Å². The molecule has 4 nitrogen and oxygen atoms in total. The summed E-state index contributed by atoms with van der Waals surface area (Å²) >= 11 is 0. The number of benzene rings is 1. The maximum atomic E-state index is 12.6. The molecule has 2 aliphatic rings. The van der Waals surface area contributed by atoms with E-state index in [2.05, 4.69) is 9.88 Å². The molecule has 1 aliphatic heterocycles. The Bertz CT molecular complexity index is 699. The number of fused-ring (bicyclic) bond motifs is 2. The van der Waals surface area contributed by atoms with Gasteiger partial charge in [0, 0.05) is 24.7 Å². The molecule has 0 spiro atoms. The van der Waals surface area contributed by atoms with Crippen LogP contribution < -0.4 is 0 Å². The second-order valence-electron chi connectivity index (χ2n) is 6.64. The van der Waals surface area contributed by atoms with E-state index in [1.807, 2.05) is 24.3 Å². The minimum Gasteiger partial charge on any atom is -0.437 e. The number of oxazole rings is 1. The van der Waals surface area contributed by atoms with Gasteiger partial charge in [-0.1, -0.05) is 25.0 Å². The van der Waals surface area contributed by atoms with Gasteiger partial charge in [-0.25, -0.2) is 4.98 Å². The largest absolute Gasteiger partial charge is 0.437 e. The van der Waals surface area contributed by atoms with Gasteiger partial charge in [0.2, 0.25) is 11.8 Å². The van der Waals surface area contributed by atoms with Crippen molar-refractivity contribution in [3.63, 3.8) is 0 Å². The molecule has 4 heteroatoms. The number of amides is 1. The molecule has 2 atom stereocenters. The van der Waals surface area contributed by atoms with E-state index in [0.717, 1.165) is 30.5 Å². The zero-order chi connectivity index (χ0) is 15.6. The first-order valence-electron chi connectivity index (χ1n) is 8.65. The predicted molar refractivity (Wildman–Crippen MR) is 89.7 cm³/mol. The molecule has 1 saturated carbocycles. The molecular weight excluding hydrogens is 288 g/mol. The minimum absolute atomic E-state index is 0.101. The SMILES string of the molecule is O=C(/C=C/c1nc2ccccc2o1)N1CCC[C@@H]2CCCC[C@H]21. The fraction of sp³-hybridized carbons (Fsp3) is 0.474. The Balaban J connectivity index is 1.49. The van der Waals surface area contributed by atoms with Gasteiger partial charge in [-0.2, -0.15) is 0 Å². The van der Waals surface area contributed by atoms with Gasteiger partial charge in [0.25, 0.3) is 0 Å². The Morgan fingerprint density at radius 3 is 2.91 bits per heavy atom. The number of nitrogens with zero attached hydrogens (tertiary/aromatic N) is 2. The van der Waals surface area contributed by atoms with Crippen LogP contribution in [0.15, 0.2) is 34.8 Å². The number of carbonyl (C=O) groups excluding carboxylic acids is 1. The lowest BCUT2D eigenvalue weighted by Gasteiger charge is -2.43. The average molecular weight is 310 g/mol. The second-order valence-corrected chi connectivity index (χ2v) is 6.64. The zero-order valence-electron chi connectivity index (χ0n) is 13.3. The van der Waals surface area contributed by atoms with E-state index in [4.69, 9.17) is 4.42 Å². The Morgan fingerprint density at radius 2 is 2.00 bits per heavy atom. The quantitative estimate of drug-likeness (QED) is 0.787. The van der Waals surface area contributed by atoms with E-state index in [9.17, 15) is 4.79 Å². The first kappa shape index (κ1) is 14.5. The lowest BCUT2D eigenvalue weighted by atomic mass is 9.78. The van der Waals surface area contributed by atoms with E-state index in [1.54, 1.807) is 12.2 Å². The van der Waals surface area contributed by atoms with E-state index in [1.165, 1.54) is 25.7 Å². The number of rotatable bonds is 2. The van der Waals surface area contributed by atoms with Gasteiger partial charge in [-0.3, -0.25) is 4.79 Å². The van der Waals surface area contributed by atoms with Gasteiger partial charge in [-0.15, -0.1) is 0 Å². The van der Waals surface area contributed by atoms with Crippen LogP contribution in [0, 0.1) is 5.92 Å². The standard InChI is InChI=1S/C19H22N2O2/c22-19(21-13-5-7-14-6-1-3-9-16(14)21)12-11-18-20-15-8-2-4-10-17(15)23-18/h2,4,8,10-12,14,16H,1,3,5-7,9,13H2/b12-11+/t14-,16+/m0/s1. The van der Waals surface area contributed by atoms with E-state index in [0.29, 0.717) is 17.9 Å². The molecule has 1 aromatic heterocycles. The van der Waals surface area contributed by atoms with Crippen molar-refractivity contribution >= 4 is 23.1 Å². The van der Waals surface area contributed by atoms with Crippen LogP contribution in [0.2, 0.25) is 0 Å². The lowest BCUT2D eigenvalue weighted by Crippen LogP contribution is -2.49. The first-order chi connectivity index (χ1) is 11.3. The molecule has 2 aromatic rings. The van der Waals surface area contributed by atoms with E-state index in [-0.39, 0.29) is 5.91 Å². The molecule has 4 rings (SSSR count). The van der Waals surface area contributed by atoms with Crippen molar-refractivity contribution < 1.29 is 9.21 Å². The summed E-state index contributed by atoms with van der Waals surface area (Å²) in [6.07, 6.45) is 10.8. The number of aromatic nitrogens is 1. The first-order valence-corrected chi connectivity index (χ1v) is 8.65. The average Bonchev–Trinajstić information content (AvgIpc) is 3.02. The Labute approximate surface area is 136 Å². The summed E-state index contributed by atoms with van der Waals surface area (Å²) < 4.78 is 5.64. The number of carbonyl (C=O) groups is 1. The van der Waals surface area contributed by atoms with Crippen molar-refractivity contribution in [3.05, 3.63) is 36.2 Å².